The van der Waals surface area contributed by atoms with Gasteiger partial charge in [-0.25, -0.2) is 0 Å². The number of nitrogens with zero attached hydrogens (tertiary/aromatic N) is 3. The monoisotopic (exact) mass is 176 g/mol. The number of nitrogen functional groups attached to an aromatic ring is 1. The van der Waals surface area contributed by atoms with E-state index in [0.29, 0.717) is 0 Å². The van der Waals surface area contributed by atoms with E-state index in [1.54, 1.807) is 0 Å². The van der Waals surface area contributed by atoms with Gasteiger partial charge in [-0.15, -0.1) is 10.2 Å². The number of nitrogens with two attached hydrogens (primary N) is 1. The topological polar surface area (TPSA) is 56.2 Å². The van der Waals surface area contributed by atoms with Crippen LogP contribution in [-0.2, 0) is 6.42 Å². The summed E-state index contributed by atoms with van der Waals surface area (Å²) in [5, 5.41) is 8.12. The molecule has 2 aromatic heterocycles. The van der Waals surface area contributed by atoms with E-state index in [2.05, 4.69) is 17.1 Å². The third kappa shape index (κ3) is 1.06. The maximum Gasteiger partial charge on any atom is 0.161 e. The summed E-state index contributed by atoms with van der Waals surface area (Å²) in [6.45, 7) is 4.03. The number of hydrogen-bond acceptors (Lipinski definition) is 3. The normalized spacial score (nSPS) is 10.9. The first-order valence-electron chi connectivity index (χ1n) is 4.33. The van der Waals surface area contributed by atoms with E-state index >= 15 is 0 Å². The molecule has 2 rings (SSSR count). The Kier molecular flexibility index (Phi) is 1.69. The summed E-state index contributed by atoms with van der Waals surface area (Å²) < 4.78 is 2.00. The van der Waals surface area contributed by atoms with Gasteiger partial charge in [0, 0.05) is 12.1 Å². The lowest BCUT2D eigenvalue weighted by Crippen LogP contribution is -2.00. The summed E-state index contributed by atoms with van der Waals surface area (Å²) >= 11 is 0. The van der Waals surface area contributed by atoms with Crippen LogP contribution < -0.4 is 5.73 Å². The molecule has 2 heterocycles. The van der Waals surface area contributed by atoms with E-state index in [4.69, 9.17) is 5.73 Å². The van der Waals surface area contributed by atoms with E-state index in [-0.39, 0.29) is 0 Å². The van der Waals surface area contributed by atoms with Crippen LogP contribution in [0.25, 0.3) is 5.65 Å². The first kappa shape index (κ1) is 8.04. The zero-order valence-electron chi connectivity index (χ0n) is 7.78. The molecule has 0 bridgehead atoms. The molecule has 0 saturated carbocycles. The molecule has 0 saturated heterocycles. The van der Waals surface area contributed by atoms with Crippen molar-refractivity contribution in [2.24, 2.45) is 0 Å². The predicted octanol–water partition coefficient (Wildman–Crippen LogP) is 1.18. The van der Waals surface area contributed by atoms with Crippen molar-refractivity contribution in [2.45, 2.75) is 20.3 Å². The van der Waals surface area contributed by atoms with E-state index in [1.165, 1.54) is 0 Å². The Morgan fingerprint density at radius 2 is 2.15 bits per heavy atom. The zero-order chi connectivity index (χ0) is 9.42. The van der Waals surface area contributed by atoms with Crippen molar-refractivity contribution in [3.05, 3.63) is 23.7 Å². The Balaban J connectivity index is 2.85. The van der Waals surface area contributed by atoms with Gasteiger partial charge in [0.1, 0.15) is 5.82 Å². The number of pyridine rings is 1. The van der Waals surface area contributed by atoms with Crippen LogP contribution in [0.2, 0.25) is 0 Å². The van der Waals surface area contributed by atoms with Gasteiger partial charge in [-0.1, -0.05) is 6.92 Å². The van der Waals surface area contributed by atoms with Gasteiger partial charge in [0.25, 0.3) is 0 Å². The molecule has 0 amide bonds. The summed E-state index contributed by atoms with van der Waals surface area (Å²) in [4.78, 5) is 0. The minimum absolute atomic E-state index is 0.780. The van der Waals surface area contributed by atoms with Crippen molar-refractivity contribution in [1.82, 2.24) is 14.6 Å². The third-order valence-corrected chi connectivity index (χ3v) is 2.24. The van der Waals surface area contributed by atoms with Gasteiger partial charge < -0.3 is 5.73 Å². The molecule has 0 fully saturated rings. The maximum absolute atomic E-state index is 5.79. The smallest absolute Gasteiger partial charge is 0.161 e. The fourth-order valence-electron chi connectivity index (χ4n) is 1.45. The second-order valence-electron chi connectivity index (χ2n) is 3.04. The third-order valence-electron chi connectivity index (χ3n) is 2.24. The second kappa shape index (κ2) is 2.73. The fourth-order valence-corrected chi connectivity index (χ4v) is 1.45. The average Bonchev–Trinajstić information content (AvgIpc) is 2.55. The summed E-state index contributed by atoms with van der Waals surface area (Å²) in [7, 11) is 0. The van der Waals surface area contributed by atoms with Crippen LogP contribution in [0, 0.1) is 6.92 Å². The van der Waals surface area contributed by atoms with Crippen molar-refractivity contribution in [2.75, 3.05) is 5.73 Å². The minimum atomic E-state index is 0.780. The summed E-state index contributed by atoms with van der Waals surface area (Å²) in [5.74, 6) is 0.958. The van der Waals surface area contributed by atoms with Gasteiger partial charge in [0.05, 0.1) is 5.69 Å². The van der Waals surface area contributed by atoms with Crippen LogP contribution in [-0.4, -0.2) is 14.6 Å². The largest absolute Gasteiger partial charge is 0.397 e. The molecule has 0 aliphatic heterocycles. The highest BCUT2D eigenvalue weighted by atomic mass is 15.2. The van der Waals surface area contributed by atoms with E-state index in [1.807, 2.05) is 23.5 Å². The highest BCUT2D eigenvalue weighted by Gasteiger charge is 2.06. The number of fused-ring (bicyclic) bond motifs is 1. The lowest BCUT2D eigenvalue weighted by molar-refractivity contribution is 0.893. The molecule has 0 unspecified atom stereocenters. The quantitative estimate of drug-likeness (QED) is 0.709. The van der Waals surface area contributed by atoms with Gasteiger partial charge in [0.2, 0.25) is 0 Å². The van der Waals surface area contributed by atoms with Crippen LogP contribution >= 0.6 is 0 Å². The number of anilines is 1. The number of hydrogen-bond donors (Lipinski definition) is 1. The van der Waals surface area contributed by atoms with Crippen LogP contribution in [0.1, 0.15) is 18.4 Å². The average molecular weight is 176 g/mol. The van der Waals surface area contributed by atoms with E-state index in [0.717, 1.165) is 29.3 Å². The highest BCUT2D eigenvalue weighted by Crippen LogP contribution is 2.14. The SMILES string of the molecule is CCc1nnc2ccc(N)c(C)n12. The fraction of sp³-hybridized carbons (Fsp3) is 0.333. The first-order chi connectivity index (χ1) is 6.24. The Labute approximate surface area is 76.4 Å². The molecule has 13 heavy (non-hydrogen) atoms. The summed E-state index contributed by atoms with van der Waals surface area (Å²) in [6, 6.07) is 3.74. The Bertz CT molecular complexity index is 444. The van der Waals surface area contributed by atoms with Gasteiger partial charge in [-0.3, -0.25) is 4.40 Å². The molecule has 2 N–H and O–H groups in total. The van der Waals surface area contributed by atoms with Gasteiger partial charge in [-0.05, 0) is 19.1 Å². The van der Waals surface area contributed by atoms with Crippen molar-refractivity contribution in [3.63, 3.8) is 0 Å². The maximum atomic E-state index is 5.79. The minimum Gasteiger partial charge on any atom is -0.397 e. The van der Waals surface area contributed by atoms with Crippen LogP contribution in [0.5, 0.6) is 0 Å². The number of rotatable bonds is 1. The standard InChI is InChI=1S/C9H12N4/c1-3-8-11-12-9-5-4-7(10)6(2)13(8)9/h4-5H,3,10H2,1-2H3. The highest BCUT2D eigenvalue weighted by molar-refractivity contribution is 5.52. The molecule has 68 valence electrons. The van der Waals surface area contributed by atoms with E-state index in [9.17, 15) is 0 Å². The van der Waals surface area contributed by atoms with Gasteiger partial charge in [0.15, 0.2) is 5.65 Å². The van der Waals surface area contributed by atoms with Gasteiger partial charge >= 0.3 is 0 Å². The Morgan fingerprint density at radius 3 is 2.85 bits per heavy atom. The molecule has 0 aliphatic rings. The van der Waals surface area contributed by atoms with Crippen molar-refractivity contribution in [1.29, 1.82) is 0 Å². The van der Waals surface area contributed by atoms with Crippen LogP contribution in [0.15, 0.2) is 12.1 Å². The Hall–Kier alpha value is -1.58. The molecule has 0 spiro atoms. The molecule has 0 radical (unpaired) electrons. The molecular weight excluding hydrogens is 164 g/mol. The zero-order valence-corrected chi connectivity index (χ0v) is 7.78. The molecule has 2 aromatic rings. The molecule has 0 atom stereocenters. The molecule has 4 heteroatoms. The van der Waals surface area contributed by atoms with Gasteiger partial charge in [-0.2, -0.15) is 0 Å². The molecule has 0 aliphatic carbocycles. The van der Waals surface area contributed by atoms with Crippen LogP contribution in [0.3, 0.4) is 0 Å². The summed E-state index contributed by atoms with van der Waals surface area (Å²) in [5.41, 5.74) is 8.45. The summed E-state index contributed by atoms with van der Waals surface area (Å²) in [6.07, 6.45) is 0.867. The molecule has 4 nitrogen and oxygen atoms in total. The van der Waals surface area contributed by atoms with Crippen molar-refractivity contribution >= 4 is 11.3 Å². The Morgan fingerprint density at radius 1 is 1.38 bits per heavy atom. The second-order valence-corrected chi connectivity index (χ2v) is 3.04. The van der Waals surface area contributed by atoms with E-state index < -0.39 is 0 Å². The lowest BCUT2D eigenvalue weighted by Gasteiger charge is -2.04. The van der Waals surface area contributed by atoms with Crippen molar-refractivity contribution in [3.8, 4) is 0 Å². The number of aromatic nitrogens is 3. The molecular formula is C9H12N4. The predicted molar refractivity (Wildman–Crippen MR) is 51.5 cm³/mol. The molecule has 0 aromatic carbocycles. The lowest BCUT2D eigenvalue weighted by atomic mass is 10.3. The first-order valence-corrected chi connectivity index (χ1v) is 4.33. The van der Waals surface area contributed by atoms with Crippen LogP contribution in [0.4, 0.5) is 5.69 Å². The van der Waals surface area contributed by atoms with Crippen molar-refractivity contribution < 1.29 is 0 Å². The number of aryl methyl sites for hydroxylation is 2.